The molecule has 0 aromatic rings. The number of carboxylic acids is 1. The number of nitrogens with zero attached hydrogens (tertiary/aromatic N) is 3. The molecule has 24 heavy (non-hydrogen) atoms. The quantitative estimate of drug-likeness (QED) is 0.677. The summed E-state index contributed by atoms with van der Waals surface area (Å²) >= 11 is 0. The van der Waals surface area contributed by atoms with Crippen LogP contribution in [0.1, 0.15) is 20.3 Å². The Bertz CT molecular complexity index is 586. The number of likely N-dealkylation sites (N-methyl/N-ethyl adjacent to an activating group) is 1. The first kappa shape index (κ1) is 17.4. The number of amides is 1. The second-order valence-corrected chi connectivity index (χ2v) is 7.57. The van der Waals surface area contributed by atoms with Crippen LogP contribution in [0.2, 0.25) is 0 Å². The number of carbonyl (C=O) groups is 2. The third-order valence-electron chi connectivity index (χ3n) is 5.89. The predicted octanol–water partition coefficient (Wildman–Crippen LogP) is -0.181. The summed E-state index contributed by atoms with van der Waals surface area (Å²) in [7, 11) is 4.12. The molecule has 3 aliphatic rings. The SMILES string of the molecule is CC(O)C1C(=O)N2C(C(=O)O)=C(CN3CCC(N(C)C)C3)C(C)C12. The fourth-order valence-corrected chi connectivity index (χ4v) is 4.47. The van der Waals surface area contributed by atoms with Gasteiger partial charge in [-0.2, -0.15) is 0 Å². The highest BCUT2D eigenvalue weighted by Crippen LogP contribution is 2.47. The molecule has 7 nitrogen and oxygen atoms in total. The second-order valence-electron chi connectivity index (χ2n) is 7.57. The molecular formula is C17H27N3O4. The van der Waals surface area contributed by atoms with Gasteiger partial charge in [-0.1, -0.05) is 6.92 Å². The van der Waals surface area contributed by atoms with Gasteiger partial charge in [0.2, 0.25) is 5.91 Å². The molecule has 0 aliphatic carbocycles. The van der Waals surface area contributed by atoms with Gasteiger partial charge >= 0.3 is 5.97 Å². The molecule has 3 rings (SSSR count). The first-order valence-corrected chi connectivity index (χ1v) is 8.60. The van der Waals surface area contributed by atoms with E-state index in [-0.39, 0.29) is 23.6 Å². The molecular weight excluding hydrogens is 310 g/mol. The molecule has 2 saturated heterocycles. The highest BCUT2D eigenvalue weighted by molar-refractivity contribution is 6.00. The maximum Gasteiger partial charge on any atom is 0.352 e. The summed E-state index contributed by atoms with van der Waals surface area (Å²) in [5.41, 5.74) is 0.964. The molecule has 5 unspecified atom stereocenters. The lowest BCUT2D eigenvalue weighted by molar-refractivity contribution is -0.163. The van der Waals surface area contributed by atoms with E-state index in [0.29, 0.717) is 12.6 Å². The maximum absolute atomic E-state index is 12.3. The van der Waals surface area contributed by atoms with E-state index in [0.717, 1.165) is 25.1 Å². The monoisotopic (exact) mass is 337 g/mol. The van der Waals surface area contributed by atoms with Crippen molar-refractivity contribution in [1.82, 2.24) is 14.7 Å². The van der Waals surface area contributed by atoms with Crippen molar-refractivity contribution in [3.05, 3.63) is 11.3 Å². The fourth-order valence-electron chi connectivity index (χ4n) is 4.47. The molecule has 2 N–H and O–H groups in total. The summed E-state index contributed by atoms with van der Waals surface area (Å²) < 4.78 is 0. The predicted molar refractivity (Wildman–Crippen MR) is 88.2 cm³/mol. The number of likely N-dealkylation sites (tertiary alicyclic amines) is 1. The van der Waals surface area contributed by atoms with Crippen molar-refractivity contribution in [2.24, 2.45) is 11.8 Å². The van der Waals surface area contributed by atoms with Crippen molar-refractivity contribution in [3.63, 3.8) is 0 Å². The lowest BCUT2D eigenvalue weighted by Crippen LogP contribution is -2.63. The number of fused-ring (bicyclic) bond motifs is 1. The number of aliphatic hydroxyl groups is 1. The van der Waals surface area contributed by atoms with Crippen LogP contribution in [0.4, 0.5) is 0 Å². The van der Waals surface area contributed by atoms with Crippen LogP contribution in [0.25, 0.3) is 0 Å². The van der Waals surface area contributed by atoms with Gasteiger partial charge < -0.3 is 20.0 Å². The van der Waals surface area contributed by atoms with Crippen molar-refractivity contribution in [2.45, 2.75) is 38.5 Å². The number of carboxylic acid groups (broad SMARTS) is 1. The smallest absolute Gasteiger partial charge is 0.352 e. The van der Waals surface area contributed by atoms with E-state index >= 15 is 0 Å². The molecule has 0 radical (unpaired) electrons. The van der Waals surface area contributed by atoms with Crippen LogP contribution in [-0.2, 0) is 9.59 Å². The van der Waals surface area contributed by atoms with Crippen LogP contribution in [0, 0.1) is 11.8 Å². The standard InChI is InChI=1S/C17H27N3O4/c1-9-12(8-19-6-5-11(7-19)18(3)4)15(17(23)24)20-14(9)13(10(2)21)16(20)22/h9-11,13-14,21H,5-8H2,1-4H3,(H,23,24). The molecule has 2 fully saturated rings. The molecule has 1 amide bonds. The number of carbonyl (C=O) groups excluding carboxylic acids is 1. The summed E-state index contributed by atoms with van der Waals surface area (Å²) in [4.78, 5) is 30.0. The van der Waals surface area contributed by atoms with Gasteiger partial charge in [0.15, 0.2) is 0 Å². The van der Waals surface area contributed by atoms with Crippen LogP contribution in [-0.4, -0.2) is 88.7 Å². The Morgan fingerprint density at radius 1 is 1.42 bits per heavy atom. The summed E-state index contributed by atoms with van der Waals surface area (Å²) in [5, 5.41) is 19.5. The Hall–Kier alpha value is -1.44. The van der Waals surface area contributed by atoms with E-state index in [1.54, 1.807) is 6.92 Å². The zero-order valence-corrected chi connectivity index (χ0v) is 14.8. The Morgan fingerprint density at radius 2 is 2.08 bits per heavy atom. The Labute approximate surface area is 142 Å². The maximum atomic E-state index is 12.3. The highest BCUT2D eigenvalue weighted by Gasteiger charge is 2.59. The first-order valence-electron chi connectivity index (χ1n) is 8.60. The third-order valence-corrected chi connectivity index (χ3v) is 5.89. The highest BCUT2D eigenvalue weighted by atomic mass is 16.4. The molecule has 3 heterocycles. The minimum Gasteiger partial charge on any atom is -0.477 e. The van der Waals surface area contributed by atoms with E-state index < -0.39 is 18.0 Å². The molecule has 0 saturated carbocycles. The minimum atomic E-state index is -1.04. The van der Waals surface area contributed by atoms with Crippen LogP contribution < -0.4 is 0 Å². The molecule has 0 spiro atoms. The second kappa shape index (κ2) is 6.13. The van der Waals surface area contributed by atoms with Gasteiger partial charge in [0, 0.05) is 31.6 Å². The number of rotatable bonds is 5. The average Bonchev–Trinajstić information content (AvgIpc) is 3.03. The van der Waals surface area contributed by atoms with Crippen molar-refractivity contribution in [3.8, 4) is 0 Å². The molecule has 0 bridgehead atoms. The summed E-state index contributed by atoms with van der Waals surface area (Å²) in [5.74, 6) is -1.83. The largest absolute Gasteiger partial charge is 0.477 e. The van der Waals surface area contributed by atoms with Crippen LogP contribution >= 0.6 is 0 Å². The van der Waals surface area contributed by atoms with Gasteiger partial charge in [-0.3, -0.25) is 9.69 Å². The van der Waals surface area contributed by atoms with Gasteiger partial charge in [-0.25, -0.2) is 4.79 Å². The van der Waals surface area contributed by atoms with Crippen molar-refractivity contribution >= 4 is 11.9 Å². The zero-order chi connectivity index (χ0) is 17.8. The molecule has 134 valence electrons. The molecule has 0 aromatic heterocycles. The summed E-state index contributed by atoms with van der Waals surface area (Å²) in [6.45, 7) is 6.01. The number of hydrogen-bond acceptors (Lipinski definition) is 5. The van der Waals surface area contributed by atoms with E-state index in [2.05, 4.69) is 23.9 Å². The number of β-lactam (4-membered cyclic amide) rings is 1. The van der Waals surface area contributed by atoms with Crippen LogP contribution in [0.15, 0.2) is 11.3 Å². The topological polar surface area (TPSA) is 84.3 Å². The van der Waals surface area contributed by atoms with Gasteiger partial charge in [0.25, 0.3) is 0 Å². The van der Waals surface area contributed by atoms with Gasteiger partial charge in [0.05, 0.1) is 18.1 Å². The Balaban J connectivity index is 1.81. The average molecular weight is 337 g/mol. The Morgan fingerprint density at radius 3 is 2.58 bits per heavy atom. The molecule has 7 heteroatoms. The first-order chi connectivity index (χ1) is 11.2. The van der Waals surface area contributed by atoms with Crippen LogP contribution in [0.5, 0.6) is 0 Å². The molecule has 0 aromatic carbocycles. The Kier molecular flexibility index (Phi) is 4.44. The summed E-state index contributed by atoms with van der Waals surface area (Å²) in [6, 6.07) is 0.269. The van der Waals surface area contributed by atoms with E-state index in [1.807, 2.05) is 6.92 Å². The third kappa shape index (κ3) is 2.55. The fraction of sp³-hybridized carbons (Fsp3) is 0.765. The van der Waals surface area contributed by atoms with Gasteiger partial charge in [-0.05, 0) is 33.0 Å². The van der Waals surface area contributed by atoms with E-state index in [4.69, 9.17) is 0 Å². The van der Waals surface area contributed by atoms with Crippen molar-refractivity contribution in [1.29, 1.82) is 0 Å². The van der Waals surface area contributed by atoms with E-state index in [1.165, 1.54) is 4.90 Å². The summed E-state index contributed by atoms with van der Waals surface area (Å²) in [6.07, 6.45) is 0.319. The van der Waals surface area contributed by atoms with Crippen molar-refractivity contribution < 1.29 is 19.8 Å². The minimum absolute atomic E-state index is 0.0354. The van der Waals surface area contributed by atoms with E-state index in [9.17, 15) is 19.8 Å². The van der Waals surface area contributed by atoms with Crippen molar-refractivity contribution in [2.75, 3.05) is 33.7 Å². The number of aliphatic hydroxyl groups excluding tert-OH is 1. The lowest BCUT2D eigenvalue weighted by Gasteiger charge is -2.46. The molecule has 5 atom stereocenters. The normalized spacial score (nSPS) is 34.8. The molecule has 3 aliphatic heterocycles. The number of hydrogen-bond donors (Lipinski definition) is 2. The number of aliphatic carboxylic acids is 1. The van der Waals surface area contributed by atoms with Gasteiger partial charge in [-0.15, -0.1) is 0 Å². The lowest BCUT2D eigenvalue weighted by atomic mass is 9.77. The van der Waals surface area contributed by atoms with Gasteiger partial charge in [0.1, 0.15) is 5.70 Å². The zero-order valence-electron chi connectivity index (χ0n) is 14.8. The van der Waals surface area contributed by atoms with Crippen LogP contribution in [0.3, 0.4) is 0 Å².